The van der Waals surface area contributed by atoms with Gasteiger partial charge in [0.15, 0.2) is 0 Å². The number of amides is 1. The lowest BCUT2D eigenvalue weighted by Gasteiger charge is -2.10. The van der Waals surface area contributed by atoms with Gasteiger partial charge in [0.05, 0.1) is 11.4 Å². The van der Waals surface area contributed by atoms with Gasteiger partial charge in [-0.3, -0.25) is 4.79 Å². The van der Waals surface area contributed by atoms with Crippen LogP contribution in [-0.2, 0) is 4.79 Å². The van der Waals surface area contributed by atoms with Gasteiger partial charge in [-0.2, -0.15) is 4.68 Å². The predicted molar refractivity (Wildman–Crippen MR) is 99.2 cm³/mol. The van der Waals surface area contributed by atoms with Crippen LogP contribution in [0.3, 0.4) is 0 Å². The average molecular weight is 353 g/mol. The Kier molecular flexibility index (Phi) is 5.14. The van der Waals surface area contributed by atoms with Crippen molar-refractivity contribution >= 4 is 23.4 Å². The second-order valence-corrected chi connectivity index (χ2v) is 6.74. The Bertz CT molecular complexity index is 889. The average Bonchev–Trinajstić information content (AvgIpc) is 3.06. The van der Waals surface area contributed by atoms with E-state index in [1.54, 1.807) is 4.68 Å². The Morgan fingerprint density at radius 3 is 2.64 bits per heavy atom. The molecule has 3 aromatic rings. The summed E-state index contributed by atoms with van der Waals surface area (Å²) in [5.41, 5.74) is 5.09. The number of anilines is 1. The molecule has 7 heteroatoms. The molecule has 0 saturated heterocycles. The lowest BCUT2D eigenvalue weighted by atomic mass is 10.1. The highest BCUT2D eigenvalue weighted by Crippen LogP contribution is 2.21. The van der Waals surface area contributed by atoms with Gasteiger partial charge in [-0.15, -0.1) is 5.10 Å². The van der Waals surface area contributed by atoms with E-state index in [4.69, 9.17) is 0 Å². The fourth-order valence-corrected chi connectivity index (χ4v) is 3.01. The highest BCUT2D eigenvalue weighted by molar-refractivity contribution is 7.99. The Morgan fingerprint density at radius 1 is 1.12 bits per heavy atom. The molecule has 0 unspecified atom stereocenters. The quantitative estimate of drug-likeness (QED) is 0.713. The van der Waals surface area contributed by atoms with Crippen molar-refractivity contribution in [2.24, 2.45) is 0 Å². The van der Waals surface area contributed by atoms with Crippen LogP contribution in [0.5, 0.6) is 0 Å². The number of aryl methyl sites for hydroxylation is 2. The molecule has 0 atom stereocenters. The maximum Gasteiger partial charge on any atom is 0.234 e. The second kappa shape index (κ2) is 7.48. The van der Waals surface area contributed by atoms with E-state index in [0.717, 1.165) is 22.5 Å². The molecule has 25 heavy (non-hydrogen) atoms. The zero-order valence-electron chi connectivity index (χ0n) is 14.4. The molecule has 2 aromatic carbocycles. The zero-order chi connectivity index (χ0) is 17.8. The molecule has 1 heterocycles. The smallest absolute Gasteiger partial charge is 0.234 e. The van der Waals surface area contributed by atoms with Gasteiger partial charge in [-0.25, -0.2) is 0 Å². The number of tetrazole rings is 1. The molecule has 128 valence electrons. The van der Waals surface area contributed by atoms with Crippen molar-refractivity contribution in [3.05, 3.63) is 59.2 Å². The van der Waals surface area contributed by atoms with Gasteiger partial charge in [-0.1, -0.05) is 41.6 Å². The van der Waals surface area contributed by atoms with Gasteiger partial charge in [0.2, 0.25) is 11.1 Å². The molecule has 0 aliphatic heterocycles. The van der Waals surface area contributed by atoms with Crippen LogP contribution in [-0.4, -0.2) is 31.9 Å². The predicted octanol–water partition coefficient (Wildman–Crippen LogP) is 3.32. The lowest BCUT2D eigenvalue weighted by molar-refractivity contribution is -0.113. The molecule has 1 N–H and O–H groups in total. The SMILES string of the molecule is Cc1ccc(-n2nnnc2SCC(=O)Nc2cccc(C)c2C)cc1. The molecular formula is C18H19N5OS. The summed E-state index contributed by atoms with van der Waals surface area (Å²) in [7, 11) is 0. The summed E-state index contributed by atoms with van der Waals surface area (Å²) in [6.07, 6.45) is 0. The monoisotopic (exact) mass is 353 g/mol. The van der Waals surface area contributed by atoms with Gasteiger partial charge in [0.25, 0.3) is 0 Å². The zero-order valence-corrected chi connectivity index (χ0v) is 15.2. The maximum absolute atomic E-state index is 12.3. The van der Waals surface area contributed by atoms with E-state index < -0.39 is 0 Å². The van der Waals surface area contributed by atoms with Crippen LogP contribution in [0.15, 0.2) is 47.6 Å². The fraction of sp³-hybridized carbons (Fsp3) is 0.222. The second-order valence-electron chi connectivity index (χ2n) is 5.79. The van der Waals surface area contributed by atoms with Crippen LogP contribution in [0, 0.1) is 20.8 Å². The van der Waals surface area contributed by atoms with E-state index in [1.165, 1.54) is 17.3 Å². The van der Waals surface area contributed by atoms with Crippen molar-refractivity contribution in [1.82, 2.24) is 20.2 Å². The van der Waals surface area contributed by atoms with E-state index in [0.29, 0.717) is 5.16 Å². The summed E-state index contributed by atoms with van der Waals surface area (Å²) >= 11 is 1.30. The van der Waals surface area contributed by atoms with Crippen molar-refractivity contribution in [3.8, 4) is 5.69 Å². The van der Waals surface area contributed by atoms with Gasteiger partial charge in [0, 0.05) is 5.69 Å². The number of aromatic nitrogens is 4. The van der Waals surface area contributed by atoms with Gasteiger partial charge in [-0.05, 0) is 60.5 Å². The van der Waals surface area contributed by atoms with E-state index >= 15 is 0 Å². The standard InChI is InChI=1S/C18H19N5OS/c1-12-7-9-15(10-8-12)23-18(20-21-22-23)25-11-17(24)19-16-6-4-5-13(2)14(16)3/h4-10H,11H2,1-3H3,(H,19,24). The summed E-state index contributed by atoms with van der Waals surface area (Å²) in [5, 5.41) is 15.3. The molecule has 0 saturated carbocycles. The molecule has 1 amide bonds. The first-order valence-corrected chi connectivity index (χ1v) is 8.87. The molecule has 0 fully saturated rings. The number of rotatable bonds is 5. The topological polar surface area (TPSA) is 72.7 Å². The summed E-state index contributed by atoms with van der Waals surface area (Å²) < 4.78 is 1.63. The molecule has 0 bridgehead atoms. The van der Waals surface area contributed by atoms with Crippen LogP contribution in [0.2, 0.25) is 0 Å². The van der Waals surface area contributed by atoms with Crippen molar-refractivity contribution < 1.29 is 4.79 Å². The Labute approximate surface area is 150 Å². The Morgan fingerprint density at radius 2 is 1.88 bits per heavy atom. The number of carbonyl (C=O) groups is 1. The first-order valence-electron chi connectivity index (χ1n) is 7.89. The first-order chi connectivity index (χ1) is 12.0. The van der Waals surface area contributed by atoms with Gasteiger partial charge < -0.3 is 5.32 Å². The molecule has 0 aliphatic rings. The third-order valence-electron chi connectivity index (χ3n) is 3.93. The van der Waals surface area contributed by atoms with Crippen LogP contribution in [0.25, 0.3) is 5.69 Å². The molecule has 0 spiro atoms. The van der Waals surface area contributed by atoms with Crippen LogP contribution in [0.1, 0.15) is 16.7 Å². The number of nitrogens with zero attached hydrogens (tertiary/aromatic N) is 4. The highest BCUT2D eigenvalue weighted by atomic mass is 32.2. The largest absolute Gasteiger partial charge is 0.325 e. The number of thioether (sulfide) groups is 1. The summed E-state index contributed by atoms with van der Waals surface area (Å²) in [6.45, 7) is 6.04. The summed E-state index contributed by atoms with van der Waals surface area (Å²) in [5.74, 6) is 0.150. The van der Waals surface area contributed by atoms with Gasteiger partial charge in [0.1, 0.15) is 0 Å². The van der Waals surface area contributed by atoms with Crippen molar-refractivity contribution in [3.63, 3.8) is 0 Å². The van der Waals surface area contributed by atoms with Crippen LogP contribution < -0.4 is 5.32 Å². The van der Waals surface area contributed by atoms with Crippen molar-refractivity contribution in [2.45, 2.75) is 25.9 Å². The number of hydrogen-bond donors (Lipinski definition) is 1. The third-order valence-corrected chi connectivity index (χ3v) is 4.85. The van der Waals surface area contributed by atoms with E-state index in [-0.39, 0.29) is 11.7 Å². The minimum Gasteiger partial charge on any atom is -0.325 e. The molecule has 6 nitrogen and oxygen atoms in total. The van der Waals surface area contributed by atoms with E-state index in [9.17, 15) is 4.79 Å². The van der Waals surface area contributed by atoms with Crippen molar-refractivity contribution in [1.29, 1.82) is 0 Å². The minimum atomic E-state index is -0.0860. The van der Waals surface area contributed by atoms with Crippen LogP contribution >= 0.6 is 11.8 Å². The van der Waals surface area contributed by atoms with Crippen LogP contribution in [0.4, 0.5) is 5.69 Å². The van der Waals surface area contributed by atoms with E-state index in [1.807, 2.05) is 63.2 Å². The number of hydrogen-bond acceptors (Lipinski definition) is 5. The molecular weight excluding hydrogens is 334 g/mol. The molecule has 0 radical (unpaired) electrons. The molecule has 1 aromatic heterocycles. The Hall–Kier alpha value is -2.67. The Balaban J connectivity index is 1.66. The maximum atomic E-state index is 12.3. The fourth-order valence-electron chi connectivity index (χ4n) is 2.32. The number of benzene rings is 2. The normalized spacial score (nSPS) is 10.7. The van der Waals surface area contributed by atoms with Crippen molar-refractivity contribution in [2.75, 3.05) is 11.1 Å². The lowest BCUT2D eigenvalue weighted by Crippen LogP contribution is -2.15. The first kappa shape index (κ1) is 17.2. The summed E-state index contributed by atoms with van der Waals surface area (Å²) in [6, 6.07) is 13.8. The third kappa shape index (κ3) is 4.06. The number of carbonyl (C=O) groups excluding carboxylic acids is 1. The number of nitrogens with one attached hydrogen (secondary N) is 1. The molecule has 0 aliphatic carbocycles. The minimum absolute atomic E-state index is 0.0860. The van der Waals surface area contributed by atoms with E-state index in [2.05, 4.69) is 20.8 Å². The highest BCUT2D eigenvalue weighted by Gasteiger charge is 2.12. The van der Waals surface area contributed by atoms with Gasteiger partial charge >= 0.3 is 0 Å². The summed E-state index contributed by atoms with van der Waals surface area (Å²) in [4.78, 5) is 12.3. The molecule has 3 rings (SSSR count).